The van der Waals surface area contributed by atoms with Crippen LogP contribution in [-0.2, 0) is 7.05 Å². The molecule has 0 aliphatic rings. The summed E-state index contributed by atoms with van der Waals surface area (Å²) in [6.45, 7) is 0. The quantitative estimate of drug-likeness (QED) is 0.675. The van der Waals surface area contributed by atoms with Gasteiger partial charge in [-0.1, -0.05) is 0 Å². The minimum Gasteiger partial charge on any atom is -0.496 e. The van der Waals surface area contributed by atoms with Crippen LogP contribution in [0.5, 0.6) is 5.75 Å². The Balaban J connectivity index is 2.29. The second kappa shape index (κ2) is 5.39. The van der Waals surface area contributed by atoms with Crippen LogP contribution in [0.4, 0.5) is 11.4 Å². The Labute approximate surface area is 114 Å². The fourth-order valence-electron chi connectivity index (χ4n) is 1.63. The van der Waals surface area contributed by atoms with Crippen molar-refractivity contribution in [1.82, 2.24) is 9.78 Å². The molecule has 8 nitrogen and oxygen atoms in total. The maximum Gasteiger partial charge on any atom is 0.296 e. The van der Waals surface area contributed by atoms with Crippen molar-refractivity contribution in [2.45, 2.75) is 0 Å². The summed E-state index contributed by atoms with van der Waals surface area (Å²) in [5, 5.41) is 17.3. The van der Waals surface area contributed by atoms with E-state index in [1.807, 2.05) is 0 Å². The van der Waals surface area contributed by atoms with E-state index >= 15 is 0 Å². The standard InChI is InChI=1S/C12H12N4O4/c1-15-7-8(6-13-15)12(17)14-10-4-3-9(20-2)5-11(10)16(18)19/h3-7H,1-2H3,(H,14,17). The summed E-state index contributed by atoms with van der Waals surface area (Å²) in [6, 6.07) is 4.20. The Morgan fingerprint density at radius 1 is 1.50 bits per heavy atom. The van der Waals surface area contributed by atoms with Crippen LogP contribution in [0.3, 0.4) is 0 Å². The second-order valence-electron chi connectivity index (χ2n) is 4.00. The molecule has 20 heavy (non-hydrogen) atoms. The number of aryl methyl sites for hydroxylation is 1. The number of nitrogens with one attached hydrogen (secondary N) is 1. The van der Waals surface area contributed by atoms with Crippen LogP contribution >= 0.6 is 0 Å². The van der Waals surface area contributed by atoms with E-state index in [-0.39, 0.29) is 11.4 Å². The highest BCUT2D eigenvalue weighted by Crippen LogP contribution is 2.29. The third-order valence-corrected chi connectivity index (χ3v) is 2.62. The highest BCUT2D eigenvalue weighted by Gasteiger charge is 2.18. The molecule has 1 aromatic carbocycles. The molecular formula is C12H12N4O4. The minimum absolute atomic E-state index is 0.102. The van der Waals surface area contributed by atoms with Gasteiger partial charge in [0.15, 0.2) is 0 Å². The molecule has 0 aliphatic carbocycles. The average Bonchev–Trinajstić information content (AvgIpc) is 2.85. The minimum atomic E-state index is -0.582. The number of carbonyl (C=O) groups excluding carboxylic acids is 1. The van der Waals surface area contributed by atoms with Gasteiger partial charge in [-0.2, -0.15) is 5.10 Å². The lowest BCUT2D eigenvalue weighted by atomic mass is 10.2. The number of nitro groups is 1. The SMILES string of the molecule is COc1ccc(NC(=O)c2cnn(C)c2)c([N+](=O)[O-])c1. The van der Waals surface area contributed by atoms with E-state index in [0.29, 0.717) is 11.3 Å². The Kier molecular flexibility index (Phi) is 3.65. The largest absolute Gasteiger partial charge is 0.496 e. The lowest BCUT2D eigenvalue weighted by molar-refractivity contribution is -0.384. The molecule has 1 amide bonds. The van der Waals surface area contributed by atoms with Gasteiger partial charge in [-0.25, -0.2) is 0 Å². The molecule has 0 aliphatic heterocycles. The van der Waals surface area contributed by atoms with Crippen LogP contribution < -0.4 is 10.1 Å². The summed E-state index contributed by atoms with van der Waals surface area (Å²) >= 11 is 0. The van der Waals surface area contributed by atoms with Crippen molar-refractivity contribution in [3.8, 4) is 5.75 Å². The number of methoxy groups -OCH3 is 1. The van der Waals surface area contributed by atoms with Crippen molar-refractivity contribution in [1.29, 1.82) is 0 Å². The number of amides is 1. The number of hydrogen-bond acceptors (Lipinski definition) is 5. The van der Waals surface area contributed by atoms with Crippen molar-refractivity contribution in [3.05, 3.63) is 46.3 Å². The molecular weight excluding hydrogens is 264 g/mol. The van der Waals surface area contributed by atoms with Gasteiger partial charge in [0.1, 0.15) is 11.4 Å². The highest BCUT2D eigenvalue weighted by atomic mass is 16.6. The van der Waals surface area contributed by atoms with E-state index in [2.05, 4.69) is 10.4 Å². The van der Waals surface area contributed by atoms with Crippen LogP contribution in [0.25, 0.3) is 0 Å². The van der Waals surface area contributed by atoms with Gasteiger partial charge in [0.25, 0.3) is 11.6 Å². The molecule has 0 saturated heterocycles. The first-order chi connectivity index (χ1) is 9.51. The van der Waals surface area contributed by atoms with Crippen LogP contribution in [-0.4, -0.2) is 27.7 Å². The third-order valence-electron chi connectivity index (χ3n) is 2.62. The van der Waals surface area contributed by atoms with E-state index < -0.39 is 10.8 Å². The van der Waals surface area contributed by atoms with E-state index in [1.165, 1.54) is 42.4 Å². The molecule has 104 valence electrons. The van der Waals surface area contributed by atoms with Crippen LogP contribution in [0.1, 0.15) is 10.4 Å². The van der Waals surface area contributed by atoms with E-state index in [4.69, 9.17) is 4.74 Å². The zero-order valence-electron chi connectivity index (χ0n) is 10.9. The van der Waals surface area contributed by atoms with Crippen molar-refractivity contribution >= 4 is 17.3 Å². The lowest BCUT2D eigenvalue weighted by Crippen LogP contribution is -2.12. The summed E-state index contributed by atoms with van der Waals surface area (Å²) in [7, 11) is 3.08. The van der Waals surface area contributed by atoms with Gasteiger partial charge < -0.3 is 10.1 Å². The van der Waals surface area contributed by atoms with E-state index in [9.17, 15) is 14.9 Å². The third kappa shape index (κ3) is 2.74. The topological polar surface area (TPSA) is 99.3 Å². The van der Waals surface area contributed by atoms with Crippen molar-refractivity contribution in [2.75, 3.05) is 12.4 Å². The van der Waals surface area contributed by atoms with Crippen LogP contribution in [0.15, 0.2) is 30.6 Å². The number of anilines is 1. The number of benzene rings is 1. The normalized spacial score (nSPS) is 10.1. The summed E-state index contributed by atoms with van der Waals surface area (Å²) < 4.78 is 6.39. The molecule has 0 saturated carbocycles. The van der Waals surface area contributed by atoms with Gasteiger partial charge in [-0.3, -0.25) is 19.6 Å². The first-order valence-corrected chi connectivity index (χ1v) is 5.63. The van der Waals surface area contributed by atoms with Gasteiger partial charge in [0.2, 0.25) is 0 Å². The van der Waals surface area contributed by atoms with Crippen molar-refractivity contribution < 1.29 is 14.5 Å². The molecule has 1 heterocycles. The fourth-order valence-corrected chi connectivity index (χ4v) is 1.63. The maximum atomic E-state index is 11.9. The number of nitro benzene ring substituents is 1. The summed E-state index contributed by atoms with van der Waals surface area (Å²) in [5.41, 5.74) is 0.184. The molecule has 0 atom stereocenters. The smallest absolute Gasteiger partial charge is 0.296 e. The number of hydrogen-bond donors (Lipinski definition) is 1. The number of carbonyl (C=O) groups is 1. The van der Waals surface area contributed by atoms with Gasteiger partial charge in [-0.05, 0) is 12.1 Å². The molecule has 2 aromatic rings. The molecule has 0 bridgehead atoms. The van der Waals surface area contributed by atoms with E-state index in [1.54, 1.807) is 7.05 Å². The highest BCUT2D eigenvalue weighted by molar-refractivity contribution is 6.05. The summed E-state index contributed by atoms with van der Waals surface area (Å²) in [6.07, 6.45) is 2.90. The van der Waals surface area contributed by atoms with Crippen LogP contribution in [0.2, 0.25) is 0 Å². The lowest BCUT2D eigenvalue weighted by Gasteiger charge is -2.06. The number of ether oxygens (including phenoxy) is 1. The number of aromatic nitrogens is 2. The average molecular weight is 276 g/mol. The van der Waals surface area contributed by atoms with Crippen molar-refractivity contribution in [3.63, 3.8) is 0 Å². The molecule has 8 heteroatoms. The molecule has 2 rings (SSSR count). The molecule has 0 radical (unpaired) electrons. The predicted molar refractivity (Wildman–Crippen MR) is 70.8 cm³/mol. The molecule has 0 unspecified atom stereocenters. The summed E-state index contributed by atoms with van der Waals surface area (Å²) in [4.78, 5) is 22.4. The first-order valence-electron chi connectivity index (χ1n) is 5.63. The van der Waals surface area contributed by atoms with Crippen LogP contribution in [0, 0.1) is 10.1 Å². The zero-order valence-corrected chi connectivity index (χ0v) is 10.9. The zero-order chi connectivity index (χ0) is 14.7. The summed E-state index contributed by atoms with van der Waals surface area (Å²) in [5.74, 6) is -0.123. The molecule has 0 spiro atoms. The Hall–Kier alpha value is -2.90. The van der Waals surface area contributed by atoms with Gasteiger partial charge in [0.05, 0.1) is 29.9 Å². The molecule has 1 N–H and O–H groups in total. The van der Waals surface area contributed by atoms with E-state index in [0.717, 1.165) is 0 Å². The maximum absolute atomic E-state index is 11.9. The van der Waals surface area contributed by atoms with Gasteiger partial charge in [-0.15, -0.1) is 0 Å². The fraction of sp³-hybridized carbons (Fsp3) is 0.167. The van der Waals surface area contributed by atoms with Gasteiger partial charge in [0, 0.05) is 13.2 Å². The molecule has 0 fully saturated rings. The Bertz CT molecular complexity index is 665. The number of nitrogens with zero attached hydrogens (tertiary/aromatic N) is 3. The van der Waals surface area contributed by atoms with Gasteiger partial charge >= 0.3 is 0 Å². The number of rotatable bonds is 4. The Morgan fingerprint density at radius 2 is 2.25 bits per heavy atom. The molecule has 1 aromatic heterocycles. The predicted octanol–water partition coefficient (Wildman–Crippen LogP) is 1.59. The first kappa shape index (κ1) is 13.5. The van der Waals surface area contributed by atoms with Crippen molar-refractivity contribution in [2.24, 2.45) is 7.05 Å². The monoisotopic (exact) mass is 276 g/mol. The Morgan fingerprint density at radius 3 is 2.80 bits per heavy atom. The second-order valence-corrected chi connectivity index (χ2v) is 4.00.